The van der Waals surface area contributed by atoms with Gasteiger partial charge in [-0.3, -0.25) is 14.5 Å². The third kappa shape index (κ3) is 4.17. The molecule has 0 saturated heterocycles. The van der Waals surface area contributed by atoms with Gasteiger partial charge in [0.2, 0.25) is 5.78 Å². The fourth-order valence-corrected chi connectivity index (χ4v) is 5.78. The van der Waals surface area contributed by atoms with Crippen molar-refractivity contribution in [2.75, 3.05) is 18.1 Å². The van der Waals surface area contributed by atoms with E-state index in [0.717, 1.165) is 4.70 Å². The average molecular weight is 507 g/mol. The van der Waals surface area contributed by atoms with Crippen LogP contribution in [0.5, 0.6) is 11.5 Å². The number of aliphatic hydroxyl groups excluding tert-OH is 1. The van der Waals surface area contributed by atoms with Gasteiger partial charge in [-0.25, -0.2) is 4.98 Å². The summed E-state index contributed by atoms with van der Waals surface area (Å²) >= 11 is 2.56. The van der Waals surface area contributed by atoms with Gasteiger partial charge in [-0.05, 0) is 61.2 Å². The predicted molar refractivity (Wildman–Crippen MR) is 137 cm³/mol. The first-order valence-corrected chi connectivity index (χ1v) is 12.8. The van der Waals surface area contributed by atoms with Crippen molar-refractivity contribution in [1.82, 2.24) is 4.98 Å². The molecule has 1 unspecified atom stereocenters. The molecule has 178 valence electrons. The number of aromatic nitrogens is 1. The molecular formula is C26H22N2O5S2. The van der Waals surface area contributed by atoms with Crippen molar-refractivity contribution in [3.8, 4) is 11.5 Å². The van der Waals surface area contributed by atoms with E-state index in [4.69, 9.17) is 9.47 Å². The van der Waals surface area contributed by atoms with Crippen LogP contribution in [0.2, 0.25) is 0 Å². The van der Waals surface area contributed by atoms with E-state index in [9.17, 15) is 14.7 Å². The quantitative estimate of drug-likeness (QED) is 0.298. The molecule has 0 radical (unpaired) electrons. The number of Topliss-reactive ketones (excluding diaryl/α,β-unsaturated/α-hetero) is 1. The second-order valence-electron chi connectivity index (χ2n) is 7.71. The van der Waals surface area contributed by atoms with E-state index < -0.39 is 17.7 Å². The van der Waals surface area contributed by atoms with Gasteiger partial charge in [-0.2, -0.15) is 0 Å². The number of fused-ring (bicyclic) bond motifs is 1. The Balaban J connectivity index is 1.65. The van der Waals surface area contributed by atoms with Crippen LogP contribution in [0.1, 0.15) is 35.1 Å². The number of benzene rings is 2. The maximum absolute atomic E-state index is 13.5. The van der Waals surface area contributed by atoms with Crippen molar-refractivity contribution in [2.24, 2.45) is 0 Å². The summed E-state index contributed by atoms with van der Waals surface area (Å²) in [5.41, 5.74) is 1.36. The predicted octanol–water partition coefficient (Wildman–Crippen LogP) is 5.94. The maximum Gasteiger partial charge on any atom is 0.296 e. The number of aliphatic hydroxyl groups is 1. The molecule has 2 aromatic heterocycles. The third-order valence-corrected chi connectivity index (χ3v) is 7.43. The molecule has 0 spiro atoms. The SMILES string of the molecule is CCOc1cccc(C2C(C(=O)c3cccs3)=C(O)C(=O)N2c2nc3ccc(OCC)cc3s2)c1. The number of ether oxygens (including phenoxy) is 2. The summed E-state index contributed by atoms with van der Waals surface area (Å²) in [4.78, 5) is 33.4. The molecule has 35 heavy (non-hydrogen) atoms. The molecule has 1 atom stereocenters. The van der Waals surface area contributed by atoms with Crippen LogP contribution in [-0.2, 0) is 4.79 Å². The Labute approximate surface area is 209 Å². The van der Waals surface area contributed by atoms with Crippen molar-refractivity contribution in [1.29, 1.82) is 0 Å². The third-order valence-electron chi connectivity index (χ3n) is 5.55. The van der Waals surface area contributed by atoms with Gasteiger partial charge in [0.15, 0.2) is 10.9 Å². The van der Waals surface area contributed by atoms with E-state index >= 15 is 0 Å². The number of thiophene rings is 1. The van der Waals surface area contributed by atoms with Gasteiger partial charge in [0, 0.05) is 0 Å². The van der Waals surface area contributed by atoms with E-state index in [1.807, 2.05) is 44.2 Å². The fraction of sp³-hybridized carbons (Fsp3) is 0.192. The molecule has 1 N–H and O–H groups in total. The Hall–Kier alpha value is -3.69. The Bertz CT molecular complexity index is 1440. The molecule has 0 bridgehead atoms. The van der Waals surface area contributed by atoms with Crippen LogP contribution in [0, 0.1) is 0 Å². The molecule has 0 saturated carbocycles. The van der Waals surface area contributed by atoms with E-state index in [-0.39, 0.29) is 11.4 Å². The van der Waals surface area contributed by atoms with Crippen molar-refractivity contribution in [2.45, 2.75) is 19.9 Å². The highest BCUT2D eigenvalue weighted by Gasteiger charge is 2.46. The number of nitrogens with zero attached hydrogens (tertiary/aromatic N) is 2. The molecule has 4 aromatic rings. The summed E-state index contributed by atoms with van der Waals surface area (Å²) in [5.74, 6) is -0.305. The largest absolute Gasteiger partial charge is 0.503 e. The molecule has 0 aliphatic carbocycles. The Kier molecular flexibility index (Phi) is 6.27. The minimum atomic E-state index is -0.857. The number of anilines is 1. The first-order chi connectivity index (χ1) is 17.0. The average Bonchev–Trinajstić information content (AvgIpc) is 3.58. The lowest BCUT2D eigenvalue weighted by atomic mass is 9.95. The molecule has 2 aromatic carbocycles. The molecule has 1 amide bonds. The highest BCUT2D eigenvalue weighted by Crippen LogP contribution is 2.45. The summed E-state index contributed by atoms with van der Waals surface area (Å²) in [6.45, 7) is 4.80. The van der Waals surface area contributed by atoms with E-state index in [2.05, 4.69) is 4.98 Å². The zero-order chi connectivity index (χ0) is 24.5. The topological polar surface area (TPSA) is 89.0 Å². The Morgan fingerprint density at radius 1 is 1.06 bits per heavy atom. The number of hydrogen-bond acceptors (Lipinski definition) is 8. The van der Waals surface area contributed by atoms with Crippen LogP contribution in [0.4, 0.5) is 5.13 Å². The monoisotopic (exact) mass is 506 g/mol. The molecule has 3 heterocycles. The lowest BCUT2D eigenvalue weighted by Crippen LogP contribution is -2.30. The van der Waals surface area contributed by atoms with Gasteiger partial charge >= 0.3 is 0 Å². The lowest BCUT2D eigenvalue weighted by molar-refractivity contribution is -0.117. The lowest BCUT2D eigenvalue weighted by Gasteiger charge is -2.24. The summed E-state index contributed by atoms with van der Waals surface area (Å²) < 4.78 is 12.1. The summed E-state index contributed by atoms with van der Waals surface area (Å²) in [5, 5.41) is 13.1. The van der Waals surface area contributed by atoms with Crippen LogP contribution >= 0.6 is 22.7 Å². The minimum absolute atomic E-state index is 0.0281. The molecular weight excluding hydrogens is 484 g/mol. The molecule has 5 rings (SSSR count). The van der Waals surface area contributed by atoms with Crippen LogP contribution < -0.4 is 14.4 Å². The number of carbonyl (C=O) groups excluding carboxylic acids is 2. The van der Waals surface area contributed by atoms with Crippen LogP contribution in [0.3, 0.4) is 0 Å². The van der Waals surface area contributed by atoms with E-state index in [1.165, 1.54) is 27.6 Å². The number of rotatable bonds is 8. The number of hydrogen-bond donors (Lipinski definition) is 1. The van der Waals surface area contributed by atoms with Gasteiger partial charge in [-0.15, -0.1) is 11.3 Å². The highest BCUT2D eigenvalue weighted by molar-refractivity contribution is 7.22. The number of amides is 1. The maximum atomic E-state index is 13.5. The Morgan fingerprint density at radius 2 is 1.83 bits per heavy atom. The second-order valence-corrected chi connectivity index (χ2v) is 9.67. The standard InChI is InChI=1S/C26H22N2O5S2/c1-3-32-16-8-5-7-15(13-16)22-21(23(29)19-9-6-12-34-19)24(30)25(31)28(22)26-27-18-11-10-17(33-4-2)14-20(18)35-26/h5-14,22,30H,3-4H2,1-2H3. The van der Waals surface area contributed by atoms with Gasteiger partial charge in [0.05, 0.1) is 39.9 Å². The minimum Gasteiger partial charge on any atom is -0.503 e. The van der Waals surface area contributed by atoms with Gasteiger partial charge < -0.3 is 14.6 Å². The van der Waals surface area contributed by atoms with Gasteiger partial charge in [0.25, 0.3) is 5.91 Å². The van der Waals surface area contributed by atoms with Crippen molar-refractivity contribution in [3.63, 3.8) is 0 Å². The zero-order valence-corrected chi connectivity index (χ0v) is 20.7. The van der Waals surface area contributed by atoms with E-state index in [1.54, 1.807) is 29.6 Å². The smallest absolute Gasteiger partial charge is 0.296 e. The fourth-order valence-electron chi connectivity index (χ4n) is 4.08. The van der Waals surface area contributed by atoms with Crippen LogP contribution in [0.15, 0.2) is 71.3 Å². The zero-order valence-electron chi connectivity index (χ0n) is 19.1. The first-order valence-electron chi connectivity index (χ1n) is 11.1. The molecule has 9 heteroatoms. The van der Waals surface area contributed by atoms with Crippen LogP contribution in [-0.4, -0.2) is 35.0 Å². The molecule has 7 nitrogen and oxygen atoms in total. The Morgan fingerprint density at radius 3 is 2.54 bits per heavy atom. The van der Waals surface area contributed by atoms with Gasteiger partial charge in [-0.1, -0.05) is 29.5 Å². The number of carbonyl (C=O) groups is 2. The van der Waals surface area contributed by atoms with Crippen LogP contribution in [0.25, 0.3) is 10.2 Å². The number of ketones is 1. The van der Waals surface area contributed by atoms with Crippen molar-refractivity contribution < 1.29 is 24.2 Å². The van der Waals surface area contributed by atoms with E-state index in [0.29, 0.717) is 45.8 Å². The summed E-state index contributed by atoms with van der Waals surface area (Å²) in [6, 6.07) is 15.3. The first kappa shape index (κ1) is 23.1. The molecule has 1 aliphatic heterocycles. The second kappa shape index (κ2) is 9.52. The molecule has 0 fully saturated rings. The number of thiazole rings is 1. The van der Waals surface area contributed by atoms with Crippen molar-refractivity contribution in [3.05, 3.63) is 81.8 Å². The van der Waals surface area contributed by atoms with Gasteiger partial charge in [0.1, 0.15) is 11.5 Å². The molecule has 1 aliphatic rings. The summed E-state index contributed by atoms with van der Waals surface area (Å²) in [6.07, 6.45) is 0. The normalized spacial score (nSPS) is 15.8. The highest BCUT2D eigenvalue weighted by atomic mass is 32.1. The van der Waals surface area contributed by atoms with Crippen molar-refractivity contribution >= 4 is 49.7 Å². The summed E-state index contributed by atoms with van der Waals surface area (Å²) in [7, 11) is 0.